The quantitative estimate of drug-likeness (QED) is 0.741. The van der Waals surface area contributed by atoms with Crippen LogP contribution in [0.3, 0.4) is 0 Å². The first-order chi connectivity index (χ1) is 11.1. The van der Waals surface area contributed by atoms with Gasteiger partial charge in [-0.2, -0.15) is 0 Å². The fraction of sp³-hybridized carbons (Fsp3) is 0.562. The van der Waals surface area contributed by atoms with Crippen molar-refractivity contribution in [3.63, 3.8) is 0 Å². The van der Waals surface area contributed by atoms with Gasteiger partial charge in [0, 0.05) is 17.3 Å². The molecule has 0 aromatic carbocycles. The Morgan fingerprint density at radius 1 is 1.48 bits per heavy atom. The highest BCUT2D eigenvalue weighted by Gasteiger charge is 2.33. The number of rotatable bonds is 1. The number of ether oxygens (including phenoxy) is 1. The molecule has 4 rings (SSSR count). The van der Waals surface area contributed by atoms with E-state index in [0.717, 1.165) is 29.5 Å². The van der Waals surface area contributed by atoms with Crippen LogP contribution in [0.15, 0.2) is 6.33 Å². The van der Waals surface area contributed by atoms with E-state index in [2.05, 4.69) is 16.9 Å². The van der Waals surface area contributed by atoms with Crippen LogP contribution in [-0.4, -0.2) is 46.6 Å². The zero-order valence-corrected chi connectivity index (χ0v) is 14.5. The van der Waals surface area contributed by atoms with Crippen molar-refractivity contribution in [1.82, 2.24) is 14.9 Å². The molecule has 122 valence electrons. The van der Waals surface area contributed by atoms with Gasteiger partial charge in [0.05, 0.1) is 24.6 Å². The predicted octanol–water partition coefficient (Wildman–Crippen LogP) is 2.70. The van der Waals surface area contributed by atoms with Crippen LogP contribution in [0.1, 0.15) is 23.8 Å². The smallest absolute Gasteiger partial charge is 0.226 e. The van der Waals surface area contributed by atoms with Crippen LogP contribution >= 0.6 is 22.9 Å². The Bertz CT molecular complexity index is 763. The van der Waals surface area contributed by atoms with Crippen LogP contribution in [0.5, 0.6) is 0 Å². The molecule has 3 heterocycles. The fourth-order valence-electron chi connectivity index (χ4n) is 3.57. The molecule has 0 N–H and O–H groups in total. The summed E-state index contributed by atoms with van der Waals surface area (Å²) in [5.74, 6) is 0.323. The maximum absolute atomic E-state index is 12.9. The normalized spacial score (nSPS) is 24.7. The highest BCUT2D eigenvalue weighted by molar-refractivity contribution is 7.19. The number of nitrogens with zero attached hydrogens (tertiary/aromatic N) is 3. The number of fused-ring (bicyclic) bond motifs is 3. The molecule has 2 aromatic heterocycles. The summed E-state index contributed by atoms with van der Waals surface area (Å²) in [6, 6.07) is 0.167. The van der Waals surface area contributed by atoms with Gasteiger partial charge < -0.3 is 9.64 Å². The van der Waals surface area contributed by atoms with Crippen LogP contribution in [0.25, 0.3) is 10.2 Å². The van der Waals surface area contributed by atoms with E-state index in [4.69, 9.17) is 16.3 Å². The highest BCUT2D eigenvalue weighted by atomic mass is 35.5. The average Bonchev–Trinajstić information content (AvgIpc) is 2.93. The summed E-state index contributed by atoms with van der Waals surface area (Å²) in [4.78, 5) is 25.5. The largest absolute Gasteiger partial charge is 0.377 e. The maximum Gasteiger partial charge on any atom is 0.226 e. The lowest BCUT2D eigenvalue weighted by molar-refractivity contribution is -0.143. The topological polar surface area (TPSA) is 55.3 Å². The first kappa shape index (κ1) is 15.3. The molecule has 0 radical (unpaired) electrons. The Balaban J connectivity index is 1.60. The molecule has 0 unspecified atom stereocenters. The Kier molecular flexibility index (Phi) is 3.99. The number of aryl methyl sites for hydroxylation is 1. The molecule has 0 saturated carbocycles. The first-order valence-corrected chi connectivity index (χ1v) is 9.13. The Hall–Kier alpha value is -1.24. The molecule has 2 atom stereocenters. The number of hydrogen-bond donors (Lipinski definition) is 0. The lowest BCUT2D eigenvalue weighted by atomic mass is 9.86. The van der Waals surface area contributed by atoms with Crippen LogP contribution < -0.4 is 0 Å². The summed E-state index contributed by atoms with van der Waals surface area (Å²) in [6.07, 6.45) is 4.03. The third-order valence-corrected chi connectivity index (χ3v) is 6.25. The van der Waals surface area contributed by atoms with Gasteiger partial charge in [0.15, 0.2) is 0 Å². The van der Waals surface area contributed by atoms with E-state index in [1.165, 1.54) is 16.8 Å². The Morgan fingerprint density at radius 3 is 3.17 bits per heavy atom. The van der Waals surface area contributed by atoms with Gasteiger partial charge in [0.25, 0.3) is 0 Å². The van der Waals surface area contributed by atoms with Crippen LogP contribution in [0.4, 0.5) is 0 Å². The van der Waals surface area contributed by atoms with Crippen LogP contribution in [0, 0.1) is 5.92 Å². The number of amides is 1. The molecule has 23 heavy (non-hydrogen) atoms. The van der Waals surface area contributed by atoms with E-state index in [9.17, 15) is 4.79 Å². The number of carbonyl (C=O) groups excluding carboxylic acids is 1. The minimum absolute atomic E-state index is 0.0582. The second-order valence-corrected chi connectivity index (χ2v) is 7.69. The summed E-state index contributed by atoms with van der Waals surface area (Å²) in [5, 5.41) is 1.51. The van der Waals surface area contributed by atoms with Gasteiger partial charge in [-0.05, 0) is 31.7 Å². The van der Waals surface area contributed by atoms with E-state index >= 15 is 0 Å². The standard InChI is InChI=1S/C16H18ClN3O2S/c1-9-7-22-5-4-20(9)16(21)10-2-3-11-12(6-10)23-15-13(11)14(17)18-8-19-15/h8-10H,2-7H2,1H3/t9-,10+/m1/s1. The number of aromatic nitrogens is 2. The molecule has 0 bridgehead atoms. The monoisotopic (exact) mass is 351 g/mol. The number of hydrogen-bond acceptors (Lipinski definition) is 5. The number of carbonyl (C=O) groups is 1. The molecule has 2 aromatic rings. The third-order valence-electron chi connectivity index (χ3n) is 4.80. The predicted molar refractivity (Wildman–Crippen MR) is 89.9 cm³/mol. The van der Waals surface area contributed by atoms with Crippen molar-refractivity contribution in [2.24, 2.45) is 5.92 Å². The van der Waals surface area contributed by atoms with Crippen molar-refractivity contribution in [3.05, 3.63) is 21.9 Å². The van der Waals surface area contributed by atoms with E-state index in [-0.39, 0.29) is 17.9 Å². The molecule has 0 spiro atoms. The molecule has 1 saturated heterocycles. The SMILES string of the molecule is C[C@@H]1COCCN1C(=O)[C@H]1CCc2c(sc3ncnc(Cl)c23)C1. The van der Waals surface area contributed by atoms with Crippen molar-refractivity contribution < 1.29 is 9.53 Å². The molecule has 1 amide bonds. The highest BCUT2D eigenvalue weighted by Crippen LogP contribution is 2.40. The van der Waals surface area contributed by atoms with Gasteiger partial charge in [-0.3, -0.25) is 4.79 Å². The van der Waals surface area contributed by atoms with Gasteiger partial charge in [-0.25, -0.2) is 9.97 Å². The van der Waals surface area contributed by atoms with E-state index < -0.39 is 0 Å². The van der Waals surface area contributed by atoms with Crippen molar-refractivity contribution in [2.45, 2.75) is 32.2 Å². The summed E-state index contributed by atoms with van der Waals surface area (Å²) < 4.78 is 5.44. The van der Waals surface area contributed by atoms with Crippen molar-refractivity contribution in [2.75, 3.05) is 19.8 Å². The van der Waals surface area contributed by atoms with E-state index in [1.54, 1.807) is 11.3 Å². The molecular weight excluding hydrogens is 334 g/mol. The van der Waals surface area contributed by atoms with Gasteiger partial charge in [0.2, 0.25) is 5.91 Å². The minimum atomic E-state index is 0.0582. The molecule has 2 aliphatic rings. The van der Waals surface area contributed by atoms with Gasteiger partial charge in [0.1, 0.15) is 16.3 Å². The summed E-state index contributed by atoms with van der Waals surface area (Å²) in [7, 11) is 0. The van der Waals surface area contributed by atoms with Crippen LogP contribution in [0.2, 0.25) is 5.15 Å². The Labute approximate surface area is 143 Å². The maximum atomic E-state index is 12.9. The molecular formula is C16H18ClN3O2S. The van der Waals surface area contributed by atoms with Gasteiger partial charge >= 0.3 is 0 Å². The fourth-order valence-corrected chi connectivity index (χ4v) is 5.14. The zero-order chi connectivity index (χ0) is 16.0. The zero-order valence-electron chi connectivity index (χ0n) is 12.9. The van der Waals surface area contributed by atoms with Crippen LogP contribution in [-0.2, 0) is 22.4 Å². The summed E-state index contributed by atoms with van der Waals surface area (Å²) >= 11 is 7.89. The first-order valence-electron chi connectivity index (χ1n) is 7.94. The Morgan fingerprint density at radius 2 is 2.35 bits per heavy atom. The second kappa shape index (κ2) is 6.00. The molecule has 1 aliphatic carbocycles. The van der Waals surface area contributed by atoms with Gasteiger partial charge in [-0.1, -0.05) is 11.6 Å². The lowest BCUT2D eigenvalue weighted by Gasteiger charge is -2.36. The number of morpholine rings is 1. The minimum Gasteiger partial charge on any atom is -0.377 e. The summed E-state index contributed by atoms with van der Waals surface area (Å²) in [6.45, 7) is 4.03. The number of halogens is 1. The van der Waals surface area contributed by atoms with Crippen molar-refractivity contribution in [3.8, 4) is 0 Å². The lowest BCUT2D eigenvalue weighted by Crippen LogP contribution is -2.50. The number of thiophene rings is 1. The van der Waals surface area contributed by atoms with Gasteiger partial charge in [-0.15, -0.1) is 11.3 Å². The van der Waals surface area contributed by atoms with E-state index in [1.807, 2.05) is 4.90 Å². The van der Waals surface area contributed by atoms with Crippen molar-refractivity contribution in [1.29, 1.82) is 0 Å². The molecule has 7 heteroatoms. The molecule has 5 nitrogen and oxygen atoms in total. The molecule has 1 aliphatic heterocycles. The third kappa shape index (κ3) is 2.62. The van der Waals surface area contributed by atoms with Crippen molar-refractivity contribution >= 4 is 39.1 Å². The van der Waals surface area contributed by atoms with E-state index in [0.29, 0.717) is 24.9 Å². The summed E-state index contributed by atoms with van der Waals surface area (Å²) in [5.41, 5.74) is 1.25. The second-order valence-electron chi connectivity index (χ2n) is 6.24. The molecule has 1 fully saturated rings. The average molecular weight is 352 g/mol.